The van der Waals surface area contributed by atoms with Gasteiger partial charge in [-0.3, -0.25) is 4.79 Å². The number of carbonyl (C=O) groups excluding carboxylic acids is 1. The van der Waals surface area contributed by atoms with Gasteiger partial charge in [0.25, 0.3) is 5.91 Å². The first-order valence-electron chi connectivity index (χ1n) is 7.21. The van der Waals surface area contributed by atoms with E-state index in [0.717, 1.165) is 5.56 Å². The number of fused-ring (bicyclic) bond motifs is 1. The van der Waals surface area contributed by atoms with Crippen molar-refractivity contribution in [3.63, 3.8) is 0 Å². The van der Waals surface area contributed by atoms with Crippen LogP contribution in [0.15, 0.2) is 57.7 Å². The van der Waals surface area contributed by atoms with Crippen molar-refractivity contribution in [2.45, 2.75) is 6.54 Å². The molecule has 0 aliphatic heterocycles. The third-order valence-electron chi connectivity index (χ3n) is 3.56. The molecular formula is C18H14ClNO4. The number of hydrogen-bond donors (Lipinski definition) is 1. The third kappa shape index (κ3) is 3.41. The van der Waals surface area contributed by atoms with Gasteiger partial charge in [0.2, 0.25) is 0 Å². The second-order valence-corrected chi connectivity index (χ2v) is 5.59. The Morgan fingerprint density at radius 3 is 2.62 bits per heavy atom. The van der Waals surface area contributed by atoms with Crippen LogP contribution in [0.25, 0.3) is 11.0 Å². The molecule has 0 spiro atoms. The molecule has 0 bridgehead atoms. The van der Waals surface area contributed by atoms with Crippen LogP contribution in [0.2, 0.25) is 5.02 Å². The Hall–Kier alpha value is -2.79. The number of amides is 1. The maximum atomic E-state index is 12.5. The molecule has 0 aliphatic carbocycles. The minimum Gasteiger partial charge on any atom is -0.497 e. The van der Waals surface area contributed by atoms with E-state index in [1.54, 1.807) is 30.3 Å². The fraction of sp³-hybridized carbons (Fsp3) is 0.111. The molecular weight excluding hydrogens is 330 g/mol. The first-order chi connectivity index (χ1) is 11.6. The van der Waals surface area contributed by atoms with E-state index in [0.29, 0.717) is 28.3 Å². The van der Waals surface area contributed by atoms with Gasteiger partial charge in [-0.15, -0.1) is 0 Å². The van der Waals surface area contributed by atoms with E-state index in [4.69, 9.17) is 20.8 Å². The van der Waals surface area contributed by atoms with Crippen molar-refractivity contribution in [1.29, 1.82) is 0 Å². The summed E-state index contributed by atoms with van der Waals surface area (Å²) in [4.78, 5) is 24.2. The Kier molecular flexibility index (Phi) is 4.53. The van der Waals surface area contributed by atoms with E-state index in [1.807, 2.05) is 12.1 Å². The Balaban J connectivity index is 1.88. The van der Waals surface area contributed by atoms with Crippen LogP contribution in [-0.4, -0.2) is 13.0 Å². The number of carbonyl (C=O) groups is 1. The monoisotopic (exact) mass is 343 g/mol. The molecule has 0 aliphatic rings. The van der Waals surface area contributed by atoms with Crippen molar-refractivity contribution in [1.82, 2.24) is 5.32 Å². The summed E-state index contributed by atoms with van der Waals surface area (Å²) in [6.45, 7) is 0.327. The van der Waals surface area contributed by atoms with Crippen LogP contribution in [0.3, 0.4) is 0 Å². The summed E-state index contributed by atoms with van der Waals surface area (Å²) in [5.74, 6) is 0.192. The van der Waals surface area contributed by atoms with Gasteiger partial charge in [-0.05, 0) is 29.8 Å². The highest BCUT2D eigenvalue weighted by atomic mass is 35.5. The smallest absolute Gasteiger partial charge is 0.337 e. The molecule has 1 heterocycles. The summed E-state index contributed by atoms with van der Waals surface area (Å²) in [6, 6.07) is 13.3. The van der Waals surface area contributed by atoms with E-state index in [9.17, 15) is 9.59 Å². The highest BCUT2D eigenvalue weighted by molar-refractivity contribution is 6.30. The normalized spacial score (nSPS) is 10.6. The van der Waals surface area contributed by atoms with Gasteiger partial charge in [-0.1, -0.05) is 23.7 Å². The molecule has 5 nitrogen and oxygen atoms in total. The molecule has 6 heteroatoms. The Morgan fingerprint density at radius 1 is 1.17 bits per heavy atom. The zero-order chi connectivity index (χ0) is 17.1. The van der Waals surface area contributed by atoms with Gasteiger partial charge in [0, 0.05) is 29.1 Å². The number of methoxy groups -OCH3 is 1. The van der Waals surface area contributed by atoms with Crippen LogP contribution in [0.1, 0.15) is 15.9 Å². The van der Waals surface area contributed by atoms with Crippen molar-refractivity contribution in [3.05, 3.63) is 75.1 Å². The summed E-state index contributed by atoms with van der Waals surface area (Å²) < 4.78 is 10.2. The largest absolute Gasteiger partial charge is 0.497 e. The first kappa shape index (κ1) is 16.1. The fourth-order valence-corrected chi connectivity index (χ4v) is 2.46. The number of rotatable bonds is 4. The second-order valence-electron chi connectivity index (χ2n) is 5.15. The van der Waals surface area contributed by atoms with Crippen LogP contribution in [-0.2, 0) is 6.54 Å². The van der Waals surface area contributed by atoms with Gasteiger partial charge in [0.1, 0.15) is 11.3 Å². The molecule has 0 fully saturated rings. The lowest BCUT2D eigenvalue weighted by Crippen LogP contribution is -2.24. The summed E-state index contributed by atoms with van der Waals surface area (Å²) in [5, 5.41) is 3.96. The van der Waals surface area contributed by atoms with Crippen molar-refractivity contribution >= 4 is 28.5 Å². The molecule has 0 saturated carbocycles. The van der Waals surface area contributed by atoms with Gasteiger partial charge in [0.15, 0.2) is 0 Å². The molecule has 3 aromatic rings. The van der Waals surface area contributed by atoms with Gasteiger partial charge in [-0.25, -0.2) is 4.79 Å². The molecule has 0 atom stereocenters. The summed E-state index contributed by atoms with van der Waals surface area (Å²) >= 11 is 5.84. The van der Waals surface area contributed by atoms with Crippen LogP contribution in [0.5, 0.6) is 5.75 Å². The molecule has 2 aromatic carbocycles. The summed E-state index contributed by atoms with van der Waals surface area (Å²) in [5.41, 5.74) is 0.880. The van der Waals surface area contributed by atoms with Crippen LogP contribution in [0, 0.1) is 0 Å². The summed E-state index contributed by atoms with van der Waals surface area (Å²) in [7, 11) is 1.52. The number of nitrogens with one attached hydrogen (secondary N) is 1. The van der Waals surface area contributed by atoms with Crippen LogP contribution < -0.4 is 15.7 Å². The Morgan fingerprint density at radius 2 is 1.92 bits per heavy atom. The maximum Gasteiger partial charge on any atom is 0.337 e. The van der Waals surface area contributed by atoms with Crippen molar-refractivity contribution in [2.24, 2.45) is 0 Å². The lowest BCUT2D eigenvalue weighted by atomic mass is 10.1. The van der Waals surface area contributed by atoms with Crippen molar-refractivity contribution in [3.8, 4) is 5.75 Å². The third-order valence-corrected chi connectivity index (χ3v) is 3.81. The molecule has 0 saturated heterocycles. The van der Waals surface area contributed by atoms with E-state index >= 15 is 0 Å². The predicted octanol–water partition coefficient (Wildman–Crippen LogP) is 3.39. The average Bonchev–Trinajstić information content (AvgIpc) is 2.59. The molecule has 3 rings (SSSR count). The number of halogens is 1. The lowest BCUT2D eigenvalue weighted by Gasteiger charge is -2.08. The van der Waals surface area contributed by atoms with Gasteiger partial charge >= 0.3 is 5.63 Å². The van der Waals surface area contributed by atoms with Crippen molar-refractivity contribution < 1.29 is 13.9 Å². The van der Waals surface area contributed by atoms with Gasteiger partial charge in [-0.2, -0.15) is 0 Å². The fourth-order valence-electron chi connectivity index (χ4n) is 2.34. The number of hydrogen-bond acceptors (Lipinski definition) is 4. The SMILES string of the molecule is COc1ccc2c(C(=O)NCc3ccc(Cl)cc3)cc(=O)oc2c1. The van der Waals surface area contributed by atoms with Gasteiger partial charge in [0.05, 0.1) is 12.7 Å². The number of benzene rings is 2. The molecule has 1 N–H and O–H groups in total. The standard InChI is InChI=1S/C18H14ClNO4/c1-23-13-6-7-14-15(9-17(21)24-16(14)8-13)18(22)20-10-11-2-4-12(19)5-3-11/h2-9H,10H2,1H3,(H,20,22). The first-order valence-corrected chi connectivity index (χ1v) is 7.59. The van der Waals surface area contributed by atoms with E-state index in [-0.39, 0.29) is 11.5 Å². The van der Waals surface area contributed by atoms with Crippen molar-refractivity contribution in [2.75, 3.05) is 7.11 Å². The van der Waals surface area contributed by atoms with Crippen LogP contribution >= 0.6 is 11.6 Å². The Bertz CT molecular complexity index is 947. The van der Waals surface area contributed by atoms with E-state index in [1.165, 1.54) is 13.2 Å². The Labute approximate surface area is 142 Å². The molecule has 0 unspecified atom stereocenters. The minimum atomic E-state index is -0.590. The highest BCUT2D eigenvalue weighted by Gasteiger charge is 2.13. The molecule has 122 valence electrons. The quantitative estimate of drug-likeness (QED) is 0.737. The molecule has 1 aromatic heterocycles. The van der Waals surface area contributed by atoms with E-state index < -0.39 is 5.63 Å². The average molecular weight is 344 g/mol. The zero-order valence-electron chi connectivity index (χ0n) is 12.8. The van der Waals surface area contributed by atoms with E-state index in [2.05, 4.69) is 5.32 Å². The summed E-state index contributed by atoms with van der Waals surface area (Å²) in [6.07, 6.45) is 0. The van der Waals surface area contributed by atoms with Gasteiger partial charge < -0.3 is 14.5 Å². The topological polar surface area (TPSA) is 68.5 Å². The number of ether oxygens (including phenoxy) is 1. The molecule has 1 amide bonds. The highest BCUT2D eigenvalue weighted by Crippen LogP contribution is 2.22. The lowest BCUT2D eigenvalue weighted by molar-refractivity contribution is 0.0952. The minimum absolute atomic E-state index is 0.262. The molecule has 0 radical (unpaired) electrons. The van der Waals surface area contributed by atoms with Crippen LogP contribution in [0.4, 0.5) is 0 Å². The maximum absolute atomic E-state index is 12.5. The zero-order valence-corrected chi connectivity index (χ0v) is 13.6. The predicted molar refractivity (Wildman–Crippen MR) is 91.7 cm³/mol. The molecule has 24 heavy (non-hydrogen) atoms. The second kappa shape index (κ2) is 6.76.